The van der Waals surface area contributed by atoms with Gasteiger partial charge < -0.3 is 19.2 Å². The van der Waals surface area contributed by atoms with Gasteiger partial charge in [-0.3, -0.25) is 4.79 Å². The average Bonchev–Trinajstić information content (AvgIpc) is 2.77. The molecule has 36 heavy (non-hydrogen) atoms. The lowest BCUT2D eigenvalue weighted by Gasteiger charge is -2.31. The summed E-state index contributed by atoms with van der Waals surface area (Å²) in [4.78, 5) is 40.1. The molecule has 7 nitrogen and oxygen atoms in total. The minimum Gasteiger partial charge on any atom is -0.460 e. The molecule has 0 atom stereocenters. The summed E-state index contributed by atoms with van der Waals surface area (Å²) in [6.45, 7) is 10.4. The Kier molecular flexibility index (Phi) is 6.96. The van der Waals surface area contributed by atoms with Gasteiger partial charge in [-0.15, -0.1) is 0 Å². The molecule has 0 bridgehead atoms. The van der Waals surface area contributed by atoms with Crippen LogP contribution in [0.5, 0.6) is 0 Å². The minimum absolute atomic E-state index is 0.212. The molecule has 0 radical (unpaired) electrons. The summed E-state index contributed by atoms with van der Waals surface area (Å²) < 4.78 is 17.3. The molecule has 1 aliphatic rings. The molecule has 0 saturated heterocycles. The van der Waals surface area contributed by atoms with Gasteiger partial charge in [0.1, 0.15) is 11.2 Å². The highest BCUT2D eigenvalue weighted by Crippen LogP contribution is 2.43. The predicted octanol–water partition coefficient (Wildman–Crippen LogP) is 5.74. The highest BCUT2D eigenvalue weighted by molar-refractivity contribution is 6.31. The zero-order chi connectivity index (χ0) is 26.3. The van der Waals surface area contributed by atoms with Crippen molar-refractivity contribution in [3.63, 3.8) is 0 Å². The van der Waals surface area contributed by atoms with Gasteiger partial charge in [-0.25, -0.2) is 9.59 Å². The van der Waals surface area contributed by atoms with Crippen molar-refractivity contribution in [1.29, 1.82) is 0 Å². The van der Waals surface area contributed by atoms with Gasteiger partial charge in [0, 0.05) is 22.0 Å². The number of ether oxygens (including phenoxy) is 2. The highest BCUT2D eigenvalue weighted by Gasteiger charge is 2.40. The zero-order valence-corrected chi connectivity index (χ0v) is 21.8. The van der Waals surface area contributed by atoms with Gasteiger partial charge in [0.15, 0.2) is 0 Å². The summed E-state index contributed by atoms with van der Waals surface area (Å²) >= 11 is 6.50. The van der Waals surface area contributed by atoms with Crippen molar-refractivity contribution in [3.8, 4) is 0 Å². The standard InChI is InChI=1S/C28H28ClNO6/c1-13(2)34-27(32)22-15(5)30-16(6)23(28(33)35-14(3)4)24(22)19-11-17(29)12-20-25(31)18-9-7-8-10-21(18)36-26(19)20/h7-14,24,30H,1-6H3. The molecule has 1 aromatic heterocycles. The van der Waals surface area contributed by atoms with Crippen molar-refractivity contribution in [3.05, 3.63) is 79.7 Å². The van der Waals surface area contributed by atoms with Crippen molar-refractivity contribution < 1.29 is 23.5 Å². The number of carbonyl (C=O) groups excluding carboxylic acids is 2. The maximum Gasteiger partial charge on any atom is 0.337 e. The normalized spacial score (nSPS) is 14.7. The van der Waals surface area contributed by atoms with E-state index in [1.54, 1.807) is 71.9 Å². The maximum absolute atomic E-state index is 13.4. The number of hydrogen-bond donors (Lipinski definition) is 1. The van der Waals surface area contributed by atoms with Crippen LogP contribution in [0.3, 0.4) is 0 Å². The molecule has 0 unspecified atom stereocenters. The third-order valence-electron chi connectivity index (χ3n) is 5.87. The van der Waals surface area contributed by atoms with Crippen molar-refractivity contribution in [2.75, 3.05) is 0 Å². The lowest BCUT2D eigenvalue weighted by Crippen LogP contribution is -2.34. The quantitative estimate of drug-likeness (QED) is 0.346. The Bertz CT molecular complexity index is 1470. The summed E-state index contributed by atoms with van der Waals surface area (Å²) in [5, 5.41) is 4.04. The van der Waals surface area contributed by atoms with Crippen LogP contribution >= 0.6 is 11.6 Å². The molecule has 3 aromatic rings. The minimum atomic E-state index is -0.950. The van der Waals surface area contributed by atoms with E-state index in [0.29, 0.717) is 27.9 Å². The van der Waals surface area contributed by atoms with E-state index in [0.717, 1.165) is 0 Å². The van der Waals surface area contributed by atoms with Gasteiger partial charge in [-0.05, 0) is 65.8 Å². The topological polar surface area (TPSA) is 94.8 Å². The Hall–Kier alpha value is -3.58. The second-order valence-corrected chi connectivity index (χ2v) is 9.78. The molecule has 0 aliphatic carbocycles. The summed E-state index contributed by atoms with van der Waals surface area (Å²) in [5.74, 6) is -2.15. The zero-order valence-electron chi connectivity index (χ0n) is 21.0. The number of benzene rings is 2. The number of carbonyl (C=O) groups is 2. The number of nitrogens with one attached hydrogen (secondary N) is 1. The van der Waals surface area contributed by atoms with E-state index in [2.05, 4.69) is 5.32 Å². The van der Waals surface area contributed by atoms with E-state index in [4.69, 9.17) is 25.5 Å². The molecule has 0 saturated carbocycles. The number of rotatable bonds is 5. The molecule has 1 aliphatic heterocycles. The summed E-state index contributed by atoms with van der Waals surface area (Å²) in [7, 11) is 0. The highest BCUT2D eigenvalue weighted by atomic mass is 35.5. The first-order valence-corrected chi connectivity index (χ1v) is 12.1. The van der Waals surface area contributed by atoms with Gasteiger partial charge in [0.2, 0.25) is 5.43 Å². The number of halogens is 1. The first-order valence-electron chi connectivity index (χ1n) is 11.7. The fourth-order valence-electron chi connectivity index (χ4n) is 4.51. The van der Waals surface area contributed by atoms with Crippen LogP contribution in [0, 0.1) is 0 Å². The molecule has 2 aromatic carbocycles. The molecular formula is C28H28ClNO6. The second kappa shape index (κ2) is 9.82. The van der Waals surface area contributed by atoms with Gasteiger partial charge in [0.25, 0.3) is 0 Å². The van der Waals surface area contributed by atoms with E-state index in [1.165, 1.54) is 6.07 Å². The van der Waals surface area contributed by atoms with Crippen LogP contribution in [0.4, 0.5) is 0 Å². The van der Waals surface area contributed by atoms with Crippen molar-refractivity contribution in [2.45, 2.75) is 59.7 Å². The molecule has 8 heteroatoms. The molecule has 2 heterocycles. The number of allylic oxidation sites excluding steroid dienone is 2. The van der Waals surface area contributed by atoms with E-state index >= 15 is 0 Å². The van der Waals surface area contributed by atoms with Crippen molar-refractivity contribution >= 4 is 45.5 Å². The van der Waals surface area contributed by atoms with E-state index in [9.17, 15) is 14.4 Å². The summed E-state index contributed by atoms with van der Waals surface area (Å²) in [5.41, 5.74) is 2.21. The van der Waals surface area contributed by atoms with Crippen LogP contribution in [-0.4, -0.2) is 24.1 Å². The molecule has 4 rings (SSSR count). The molecule has 0 spiro atoms. The van der Waals surface area contributed by atoms with Gasteiger partial charge >= 0.3 is 11.9 Å². The van der Waals surface area contributed by atoms with Crippen LogP contribution < -0.4 is 10.7 Å². The SMILES string of the molecule is CC1=C(C(=O)OC(C)C)C(c2cc(Cl)cc3c(=O)c4ccccc4oc23)C(C(=O)OC(C)C)=C(C)N1. The average molecular weight is 510 g/mol. The van der Waals surface area contributed by atoms with Crippen LogP contribution in [0.2, 0.25) is 5.02 Å². The largest absolute Gasteiger partial charge is 0.460 e. The Morgan fingerprint density at radius 3 is 2.03 bits per heavy atom. The van der Waals surface area contributed by atoms with E-state index in [-0.39, 0.29) is 32.6 Å². The van der Waals surface area contributed by atoms with Gasteiger partial charge in [-0.2, -0.15) is 0 Å². The molecule has 0 amide bonds. The third kappa shape index (κ3) is 4.63. The number of esters is 2. The van der Waals surface area contributed by atoms with Crippen LogP contribution in [0.15, 0.2) is 68.2 Å². The third-order valence-corrected chi connectivity index (χ3v) is 6.09. The van der Waals surface area contributed by atoms with Crippen LogP contribution in [-0.2, 0) is 19.1 Å². The number of dihydropyridines is 1. The Labute approximate surface area is 213 Å². The fraction of sp³-hybridized carbons (Fsp3) is 0.321. The lowest BCUT2D eigenvalue weighted by molar-refractivity contribution is -0.143. The van der Waals surface area contributed by atoms with Crippen molar-refractivity contribution in [1.82, 2.24) is 5.32 Å². The van der Waals surface area contributed by atoms with Gasteiger partial charge in [-0.1, -0.05) is 23.7 Å². The Morgan fingerprint density at radius 2 is 1.47 bits per heavy atom. The molecule has 1 N–H and O–H groups in total. The Balaban J connectivity index is 2.09. The van der Waals surface area contributed by atoms with Crippen LogP contribution in [0.25, 0.3) is 21.9 Å². The molecule has 188 valence electrons. The number of fused-ring (bicyclic) bond motifs is 2. The maximum atomic E-state index is 13.4. The fourth-order valence-corrected chi connectivity index (χ4v) is 4.74. The van der Waals surface area contributed by atoms with E-state index < -0.39 is 30.1 Å². The first kappa shape index (κ1) is 25.5. The summed E-state index contributed by atoms with van der Waals surface area (Å²) in [6.07, 6.45) is -0.788. The Morgan fingerprint density at radius 1 is 0.917 bits per heavy atom. The smallest absolute Gasteiger partial charge is 0.337 e. The van der Waals surface area contributed by atoms with E-state index in [1.807, 2.05) is 0 Å². The van der Waals surface area contributed by atoms with Gasteiger partial charge in [0.05, 0.1) is 40.0 Å². The van der Waals surface area contributed by atoms with Crippen molar-refractivity contribution in [2.24, 2.45) is 0 Å². The molecular weight excluding hydrogens is 482 g/mol. The van der Waals surface area contributed by atoms with Crippen LogP contribution in [0.1, 0.15) is 53.0 Å². The number of para-hydroxylation sites is 1. The second-order valence-electron chi connectivity index (χ2n) is 9.34. The first-order chi connectivity index (χ1) is 17.0. The lowest BCUT2D eigenvalue weighted by atomic mass is 9.79. The summed E-state index contributed by atoms with van der Waals surface area (Å²) in [6, 6.07) is 10.0. The monoisotopic (exact) mass is 509 g/mol. The molecule has 0 fully saturated rings. The predicted molar refractivity (Wildman–Crippen MR) is 139 cm³/mol. The number of hydrogen-bond acceptors (Lipinski definition) is 7.